The van der Waals surface area contributed by atoms with Gasteiger partial charge in [0.15, 0.2) is 0 Å². The number of aliphatic carboxylic acids is 2. The molecule has 16 heavy (non-hydrogen) atoms. The first kappa shape index (κ1) is 17.1. The van der Waals surface area contributed by atoms with E-state index < -0.39 is 18.1 Å². The summed E-state index contributed by atoms with van der Waals surface area (Å²) < 4.78 is 31.7. The van der Waals surface area contributed by atoms with Crippen molar-refractivity contribution in [2.75, 3.05) is 13.1 Å². The molecule has 0 aromatic rings. The van der Waals surface area contributed by atoms with Gasteiger partial charge in [-0.25, -0.2) is 4.79 Å². The second-order valence-corrected chi connectivity index (χ2v) is 3.09. The van der Waals surface area contributed by atoms with E-state index in [2.05, 4.69) is 12.2 Å². The van der Waals surface area contributed by atoms with E-state index in [-0.39, 0.29) is 0 Å². The Hall–Kier alpha value is -1.31. The van der Waals surface area contributed by atoms with Crippen LogP contribution in [0.25, 0.3) is 0 Å². The van der Waals surface area contributed by atoms with Crippen molar-refractivity contribution in [3.05, 3.63) is 0 Å². The molecule has 1 heterocycles. The Labute approximate surface area is 90.3 Å². The standard InChI is InChI=1S/C4H9N.C2HF3O2.C2H4O2/c1-4-2-5-3-4;3-2(4,5)1(6)7;1-2(3)4/h4-5H,2-3H2,1H3;(H,6,7);1H3,(H,3,4). The van der Waals surface area contributed by atoms with Crippen LogP contribution in [0.4, 0.5) is 13.2 Å². The monoisotopic (exact) mass is 245 g/mol. The van der Waals surface area contributed by atoms with Crippen molar-refractivity contribution in [3.8, 4) is 0 Å². The van der Waals surface area contributed by atoms with Gasteiger partial charge >= 0.3 is 12.1 Å². The van der Waals surface area contributed by atoms with Gasteiger partial charge in [-0.05, 0) is 19.0 Å². The number of carboxylic acids is 2. The molecule has 1 saturated heterocycles. The molecule has 1 aliphatic rings. The number of rotatable bonds is 0. The third-order valence-electron chi connectivity index (χ3n) is 1.23. The van der Waals surface area contributed by atoms with Crippen LogP contribution in [0.15, 0.2) is 0 Å². The third kappa shape index (κ3) is 15.2. The molecule has 0 spiro atoms. The molecule has 0 radical (unpaired) electrons. The van der Waals surface area contributed by atoms with Gasteiger partial charge in [0.1, 0.15) is 0 Å². The molecule has 0 aromatic heterocycles. The molecule has 0 amide bonds. The van der Waals surface area contributed by atoms with Crippen molar-refractivity contribution >= 4 is 11.9 Å². The quantitative estimate of drug-likeness (QED) is 0.591. The molecule has 0 atom stereocenters. The van der Waals surface area contributed by atoms with Crippen LogP contribution in [0.2, 0.25) is 0 Å². The molecular formula is C8H14F3NO4. The lowest BCUT2D eigenvalue weighted by molar-refractivity contribution is -0.192. The number of nitrogens with one attached hydrogen (secondary N) is 1. The van der Waals surface area contributed by atoms with Gasteiger partial charge in [-0.1, -0.05) is 6.92 Å². The van der Waals surface area contributed by atoms with Crippen molar-refractivity contribution in [3.63, 3.8) is 0 Å². The first-order valence-electron chi connectivity index (χ1n) is 4.27. The van der Waals surface area contributed by atoms with Crippen LogP contribution in [-0.4, -0.2) is 41.4 Å². The Balaban J connectivity index is 0. The Kier molecular flexibility index (Phi) is 8.46. The Bertz CT molecular complexity index is 222. The van der Waals surface area contributed by atoms with E-state index in [1.807, 2.05) is 0 Å². The van der Waals surface area contributed by atoms with Crippen LogP contribution in [0.3, 0.4) is 0 Å². The minimum absolute atomic E-state index is 0.833. The zero-order valence-electron chi connectivity index (χ0n) is 8.84. The Morgan fingerprint density at radius 2 is 1.44 bits per heavy atom. The Morgan fingerprint density at radius 1 is 1.25 bits per heavy atom. The van der Waals surface area contributed by atoms with Gasteiger partial charge in [0.05, 0.1) is 0 Å². The zero-order chi connectivity index (χ0) is 13.4. The van der Waals surface area contributed by atoms with Gasteiger partial charge in [-0.15, -0.1) is 0 Å². The molecular weight excluding hydrogens is 231 g/mol. The van der Waals surface area contributed by atoms with Gasteiger partial charge in [-0.3, -0.25) is 4.79 Å². The van der Waals surface area contributed by atoms with E-state index in [0.717, 1.165) is 12.8 Å². The van der Waals surface area contributed by atoms with Crippen LogP contribution in [0.5, 0.6) is 0 Å². The van der Waals surface area contributed by atoms with E-state index in [1.165, 1.54) is 13.1 Å². The summed E-state index contributed by atoms with van der Waals surface area (Å²) in [6, 6.07) is 0. The Morgan fingerprint density at radius 3 is 1.44 bits per heavy atom. The zero-order valence-corrected chi connectivity index (χ0v) is 8.84. The number of carboxylic acid groups (broad SMARTS) is 2. The number of carbonyl (C=O) groups is 2. The maximum absolute atomic E-state index is 10.6. The van der Waals surface area contributed by atoms with Crippen LogP contribution in [-0.2, 0) is 9.59 Å². The summed E-state index contributed by atoms with van der Waals surface area (Å²) in [5.74, 6) is -2.64. The SMILES string of the molecule is CC(=O)O.CC1CNC1.O=C(O)C(F)(F)F. The number of hydrogen-bond donors (Lipinski definition) is 3. The van der Waals surface area contributed by atoms with Crippen LogP contribution in [0.1, 0.15) is 13.8 Å². The summed E-state index contributed by atoms with van der Waals surface area (Å²) in [7, 11) is 0. The lowest BCUT2D eigenvalue weighted by atomic mass is 10.1. The van der Waals surface area contributed by atoms with Crippen LogP contribution >= 0.6 is 0 Å². The first-order chi connectivity index (χ1) is 7.07. The van der Waals surface area contributed by atoms with Crippen molar-refractivity contribution in [1.82, 2.24) is 5.32 Å². The maximum atomic E-state index is 10.6. The second kappa shape index (κ2) is 7.91. The second-order valence-electron chi connectivity index (χ2n) is 3.09. The molecule has 0 unspecified atom stereocenters. The minimum Gasteiger partial charge on any atom is -0.481 e. The molecule has 0 saturated carbocycles. The van der Waals surface area contributed by atoms with E-state index in [4.69, 9.17) is 19.8 Å². The molecule has 1 fully saturated rings. The van der Waals surface area contributed by atoms with Gasteiger partial charge in [0, 0.05) is 6.92 Å². The largest absolute Gasteiger partial charge is 0.490 e. The molecule has 0 aliphatic carbocycles. The summed E-state index contributed by atoms with van der Waals surface area (Å²) in [6.45, 7) is 5.80. The maximum Gasteiger partial charge on any atom is 0.490 e. The fraction of sp³-hybridized carbons (Fsp3) is 0.750. The van der Waals surface area contributed by atoms with Crippen LogP contribution in [0, 0.1) is 5.92 Å². The summed E-state index contributed by atoms with van der Waals surface area (Å²) in [6.07, 6.45) is -5.08. The number of alkyl halides is 3. The predicted molar refractivity (Wildman–Crippen MR) is 49.0 cm³/mol. The summed E-state index contributed by atoms with van der Waals surface area (Å²) >= 11 is 0. The topological polar surface area (TPSA) is 86.6 Å². The summed E-state index contributed by atoms with van der Waals surface area (Å²) in [4.78, 5) is 17.9. The molecule has 8 heteroatoms. The summed E-state index contributed by atoms with van der Waals surface area (Å²) in [5, 5.41) is 17.7. The fourth-order valence-electron chi connectivity index (χ4n) is 0.433. The molecule has 0 aromatic carbocycles. The van der Waals surface area contributed by atoms with Gasteiger partial charge in [0.2, 0.25) is 0 Å². The highest BCUT2D eigenvalue weighted by atomic mass is 19.4. The lowest BCUT2D eigenvalue weighted by Gasteiger charge is -2.21. The average molecular weight is 245 g/mol. The van der Waals surface area contributed by atoms with Gasteiger partial charge in [-0.2, -0.15) is 13.2 Å². The fourth-order valence-corrected chi connectivity index (χ4v) is 0.433. The highest BCUT2D eigenvalue weighted by Gasteiger charge is 2.38. The summed E-state index contributed by atoms with van der Waals surface area (Å²) in [5.41, 5.74) is 0. The normalized spacial score (nSPS) is 14.6. The number of halogens is 3. The van der Waals surface area contributed by atoms with Gasteiger partial charge < -0.3 is 15.5 Å². The van der Waals surface area contributed by atoms with Crippen molar-refractivity contribution < 1.29 is 33.0 Å². The predicted octanol–water partition coefficient (Wildman–Crippen LogP) is 0.950. The molecule has 3 N–H and O–H groups in total. The van der Waals surface area contributed by atoms with E-state index in [1.54, 1.807) is 0 Å². The molecule has 1 aliphatic heterocycles. The van der Waals surface area contributed by atoms with Crippen molar-refractivity contribution in [2.24, 2.45) is 5.92 Å². The highest BCUT2D eigenvalue weighted by Crippen LogP contribution is 2.13. The lowest BCUT2D eigenvalue weighted by Crippen LogP contribution is -2.39. The van der Waals surface area contributed by atoms with Crippen molar-refractivity contribution in [1.29, 1.82) is 0 Å². The van der Waals surface area contributed by atoms with Gasteiger partial charge in [0.25, 0.3) is 5.97 Å². The third-order valence-corrected chi connectivity index (χ3v) is 1.23. The average Bonchev–Trinajstić information content (AvgIpc) is 1.99. The van der Waals surface area contributed by atoms with E-state index >= 15 is 0 Å². The molecule has 1 rings (SSSR count). The minimum atomic E-state index is -5.08. The van der Waals surface area contributed by atoms with E-state index in [0.29, 0.717) is 0 Å². The smallest absolute Gasteiger partial charge is 0.481 e. The van der Waals surface area contributed by atoms with Crippen LogP contribution < -0.4 is 5.32 Å². The molecule has 0 bridgehead atoms. The van der Waals surface area contributed by atoms with Crippen molar-refractivity contribution in [2.45, 2.75) is 20.0 Å². The molecule has 5 nitrogen and oxygen atoms in total. The van der Waals surface area contributed by atoms with E-state index in [9.17, 15) is 13.2 Å². The number of hydrogen-bond acceptors (Lipinski definition) is 3. The highest BCUT2D eigenvalue weighted by molar-refractivity contribution is 5.73. The first-order valence-corrected chi connectivity index (χ1v) is 4.27. The molecule has 96 valence electrons.